The topological polar surface area (TPSA) is 17.1 Å². The van der Waals surface area contributed by atoms with Gasteiger partial charge in [-0.3, -0.25) is 4.79 Å². The zero-order valence-corrected chi connectivity index (χ0v) is 8.87. The molecule has 0 aromatic heterocycles. The smallest absolute Gasteiger partial charge is 0.140 e. The SMILES string of the molecule is O=C1CC(C=C(Cl)Cl)C12CCCC2. The van der Waals surface area contributed by atoms with Crippen molar-refractivity contribution in [3.05, 3.63) is 10.6 Å². The number of Topliss-reactive ketones (excluding diaryl/α,β-unsaturated/α-hetero) is 1. The Hall–Kier alpha value is -0.0100. The lowest BCUT2D eigenvalue weighted by Gasteiger charge is -2.43. The summed E-state index contributed by atoms with van der Waals surface area (Å²) >= 11 is 11.2. The summed E-state index contributed by atoms with van der Waals surface area (Å²) in [5, 5.41) is 0. The fourth-order valence-electron chi connectivity index (χ4n) is 2.70. The van der Waals surface area contributed by atoms with Crippen molar-refractivity contribution in [2.75, 3.05) is 0 Å². The average molecular weight is 219 g/mol. The third-order valence-electron chi connectivity index (χ3n) is 3.49. The molecule has 13 heavy (non-hydrogen) atoms. The lowest BCUT2D eigenvalue weighted by molar-refractivity contribution is -0.142. The van der Waals surface area contributed by atoms with Crippen LogP contribution in [0, 0.1) is 11.3 Å². The van der Waals surface area contributed by atoms with Gasteiger partial charge in [-0.05, 0) is 24.8 Å². The lowest BCUT2D eigenvalue weighted by Crippen LogP contribution is -2.47. The Bertz CT molecular complexity index is 260. The van der Waals surface area contributed by atoms with E-state index in [4.69, 9.17) is 23.2 Å². The zero-order valence-electron chi connectivity index (χ0n) is 7.35. The first kappa shape index (κ1) is 9.54. The Balaban J connectivity index is 2.16. The zero-order chi connectivity index (χ0) is 9.47. The van der Waals surface area contributed by atoms with Crippen LogP contribution in [0.3, 0.4) is 0 Å². The first-order chi connectivity index (χ1) is 6.15. The van der Waals surface area contributed by atoms with Gasteiger partial charge in [0.1, 0.15) is 10.3 Å². The molecule has 1 spiro atoms. The number of hydrogen-bond acceptors (Lipinski definition) is 1. The monoisotopic (exact) mass is 218 g/mol. The minimum absolute atomic E-state index is 0.0605. The maximum Gasteiger partial charge on any atom is 0.140 e. The molecule has 2 aliphatic rings. The van der Waals surface area contributed by atoms with Crippen LogP contribution in [0.25, 0.3) is 0 Å². The van der Waals surface area contributed by atoms with E-state index in [2.05, 4.69) is 0 Å². The van der Waals surface area contributed by atoms with E-state index >= 15 is 0 Å². The van der Waals surface area contributed by atoms with Crippen molar-refractivity contribution in [3.63, 3.8) is 0 Å². The highest BCUT2D eigenvalue weighted by Crippen LogP contribution is 2.55. The molecule has 2 saturated carbocycles. The Morgan fingerprint density at radius 2 is 2.00 bits per heavy atom. The Kier molecular flexibility index (Phi) is 2.41. The highest BCUT2D eigenvalue weighted by molar-refractivity contribution is 6.55. The molecular formula is C10H12Cl2O. The molecule has 0 aromatic carbocycles. The van der Waals surface area contributed by atoms with E-state index in [1.54, 1.807) is 0 Å². The van der Waals surface area contributed by atoms with Crippen molar-refractivity contribution in [1.82, 2.24) is 0 Å². The van der Waals surface area contributed by atoms with E-state index in [0.717, 1.165) is 12.8 Å². The highest BCUT2D eigenvalue weighted by Gasteiger charge is 2.54. The molecule has 2 rings (SSSR count). The molecule has 0 bridgehead atoms. The molecule has 0 amide bonds. The van der Waals surface area contributed by atoms with Gasteiger partial charge in [0.2, 0.25) is 0 Å². The molecule has 3 heteroatoms. The Morgan fingerprint density at radius 3 is 2.46 bits per heavy atom. The largest absolute Gasteiger partial charge is 0.299 e. The van der Waals surface area contributed by atoms with E-state index in [1.165, 1.54) is 12.8 Å². The minimum Gasteiger partial charge on any atom is -0.299 e. The molecule has 72 valence electrons. The van der Waals surface area contributed by atoms with Crippen LogP contribution in [0.1, 0.15) is 32.1 Å². The number of carbonyl (C=O) groups excluding carboxylic acids is 1. The average Bonchev–Trinajstić information content (AvgIpc) is 2.53. The molecule has 0 aliphatic heterocycles. The quantitative estimate of drug-likeness (QED) is 0.660. The number of hydrogen-bond donors (Lipinski definition) is 0. The van der Waals surface area contributed by atoms with Crippen LogP contribution < -0.4 is 0 Å². The summed E-state index contributed by atoms with van der Waals surface area (Å²) in [4.78, 5) is 11.5. The molecule has 0 saturated heterocycles. The summed E-state index contributed by atoms with van der Waals surface area (Å²) in [5.74, 6) is 0.730. The standard InChI is InChI=1S/C10H12Cl2O/c11-9(12)6-7-5-8(13)10(7)3-1-2-4-10/h6-7H,1-5H2. The van der Waals surface area contributed by atoms with Gasteiger partial charge in [0.15, 0.2) is 0 Å². The van der Waals surface area contributed by atoms with Crippen LogP contribution in [-0.2, 0) is 4.79 Å². The molecule has 0 heterocycles. The van der Waals surface area contributed by atoms with E-state index in [9.17, 15) is 4.79 Å². The molecule has 1 unspecified atom stereocenters. The second-order valence-corrected chi connectivity index (χ2v) is 5.06. The number of ketones is 1. The Labute approximate surface area is 88.1 Å². The van der Waals surface area contributed by atoms with E-state index in [-0.39, 0.29) is 5.41 Å². The van der Waals surface area contributed by atoms with Crippen molar-refractivity contribution in [2.45, 2.75) is 32.1 Å². The second-order valence-electron chi connectivity index (χ2n) is 4.05. The van der Waals surface area contributed by atoms with E-state index in [1.807, 2.05) is 6.08 Å². The number of carbonyl (C=O) groups is 1. The van der Waals surface area contributed by atoms with Crippen LogP contribution in [-0.4, -0.2) is 5.78 Å². The third-order valence-corrected chi connectivity index (χ3v) is 3.75. The molecular weight excluding hydrogens is 207 g/mol. The minimum atomic E-state index is -0.0605. The van der Waals surface area contributed by atoms with Gasteiger partial charge >= 0.3 is 0 Å². The molecule has 0 N–H and O–H groups in total. The highest BCUT2D eigenvalue weighted by atomic mass is 35.5. The molecule has 1 atom stereocenters. The van der Waals surface area contributed by atoms with E-state index < -0.39 is 0 Å². The summed E-state index contributed by atoms with van der Waals surface area (Å²) in [6.07, 6.45) is 6.91. The van der Waals surface area contributed by atoms with Gasteiger partial charge < -0.3 is 0 Å². The maximum atomic E-state index is 11.5. The van der Waals surface area contributed by atoms with Crippen LogP contribution in [0.5, 0.6) is 0 Å². The summed E-state index contributed by atoms with van der Waals surface area (Å²) in [6.45, 7) is 0. The van der Waals surface area contributed by atoms with Crippen LogP contribution in [0.15, 0.2) is 10.6 Å². The molecule has 2 aliphatic carbocycles. The summed E-state index contributed by atoms with van der Waals surface area (Å²) in [6, 6.07) is 0. The molecule has 1 nitrogen and oxygen atoms in total. The van der Waals surface area contributed by atoms with Crippen molar-refractivity contribution in [2.24, 2.45) is 11.3 Å². The van der Waals surface area contributed by atoms with Gasteiger partial charge in [-0.1, -0.05) is 36.0 Å². The number of allylic oxidation sites excluding steroid dienone is 1. The van der Waals surface area contributed by atoms with Gasteiger partial charge in [0.25, 0.3) is 0 Å². The predicted octanol–water partition coefficient (Wildman–Crippen LogP) is 3.45. The fraction of sp³-hybridized carbons (Fsp3) is 0.700. The van der Waals surface area contributed by atoms with Gasteiger partial charge in [-0.2, -0.15) is 0 Å². The first-order valence-electron chi connectivity index (χ1n) is 4.71. The van der Waals surface area contributed by atoms with Gasteiger partial charge in [-0.25, -0.2) is 0 Å². The summed E-state index contributed by atoms with van der Waals surface area (Å²) in [7, 11) is 0. The lowest BCUT2D eigenvalue weighted by atomic mass is 9.58. The normalized spacial score (nSPS) is 30.3. The summed E-state index contributed by atoms with van der Waals surface area (Å²) < 4.78 is 0.309. The second kappa shape index (κ2) is 3.29. The van der Waals surface area contributed by atoms with Gasteiger partial charge in [0, 0.05) is 11.8 Å². The van der Waals surface area contributed by atoms with Crippen molar-refractivity contribution < 1.29 is 4.79 Å². The third kappa shape index (κ3) is 1.42. The maximum absolute atomic E-state index is 11.5. The molecule has 0 radical (unpaired) electrons. The molecule has 2 fully saturated rings. The number of halogens is 2. The summed E-state index contributed by atoms with van der Waals surface area (Å²) in [5.41, 5.74) is -0.0605. The van der Waals surface area contributed by atoms with Crippen LogP contribution in [0.2, 0.25) is 0 Å². The van der Waals surface area contributed by atoms with Crippen molar-refractivity contribution >= 4 is 29.0 Å². The Morgan fingerprint density at radius 1 is 1.38 bits per heavy atom. The first-order valence-corrected chi connectivity index (χ1v) is 5.47. The van der Waals surface area contributed by atoms with Crippen LogP contribution in [0.4, 0.5) is 0 Å². The van der Waals surface area contributed by atoms with Gasteiger partial charge in [-0.15, -0.1) is 0 Å². The number of rotatable bonds is 1. The van der Waals surface area contributed by atoms with E-state index in [0.29, 0.717) is 22.6 Å². The van der Waals surface area contributed by atoms with Gasteiger partial charge in [0.05, 0.1) is 0 Å². The fourth-order valence-corrected chi connectivity index (χ4v) is 3.00. The predicted molar refractivity (Wildman–Crippen MR) is 53.8 cm³/mol. The van der Waals surface area contributed by atoms with Crippen molar-refractivity contribution in [3.8, 4) is 0 Å². The molecule has 0 aromatic rings. The van der Waals surface area contributed by atoms with Crippen LogP contribution >= 0.6 is 23.2 Å². The van der Waals surface area contributed by atoms with Crippen molar-refractivity contribution in [1.29, 1.82) is 0 Å².